The normalized spacial score (nSPS) is 10.9. The van der Waals surface area contributed by atoms with Crippen molar-refractivity contribution in [1.29, 1.82) is 0 Å². The van der Waals surface area contributed by atoms with Crippen LogP contribution in [0.25, 0.3) is 10.9 Å². The summed E-state index contributed by atoms with van der Waals surface area (Å²) in [6.45, 7) is 2.76. The largest absolute Gasteiger partial charge is 0.331 e. The molecular formula is C11H9BrClNO. The summed E-state index contributed by atoms with van der Waals surface area (Å²) in [7, 11) is 0. The van der Waals surface area contributed by atoms with E-state index < -0.39 is 0 Å². The van der Waals surface area contributed by atoms with Gasteiger partial charge in [-0.3, -0.25) is 4.79 Å². The van der Waals surface area contributed by atoms with Crippen molar-refractivity contribution < 1.29 is 4.79 Å². The molecule has 2 aromatic rings. The standard InChI is InChI=1S/C11H9BrClNO/c1-2-14-10-4-3-7(12)5-8(10)9(6-15)11(14)13/h3-6H,2H2,1H3. The molecule has 1 aromatic heterocycles. The van der Waals surface area contributed by atoms with Gasteiger partial charge in [0.2, 0.25) is 0 Å². The quantitative estimate of drug-likeness (QED) is 0.768. The molecular weight excluding hydrogens is 277 g/mol. The average molecular weight is 287 g/mol. The molecule has 0 bridgehead atoms. The van der Waals surface area contributed by atoms with E-state index in [0.29, 0.717) is 10.7 Å². The first-order chi connectivity index (χ1) is 7.19. The molecule has 2 rings (SSSR count). The topological polar surface area (TPSA) is 22.0 Å². The molecule has 78 valence electrons. The van der Waals surface area contributed by atoms with Crippen molar-refractivity contribution in [3.63, 3.8) is 0 Å². The van der Waals surface area contributed by atoms with Gasteiger partial charge in [0.05, 0.1) is 5.56 Å². The lowest BCUT2D eigenvalue weighted by molar-refractivity contribution is 0.112. The van der Waals surface area contributed by atoms with Gasteiger partial charge >= 0.3 is 0 Å². The number of aromatic nitrogens is 1. The van der Waals surface area contributed by atoms with Crippen LogP contribution >= 0.6 is 27.5 Å². The molecule has 15 heavy (non-hydrogen) atoms. The highest BCUT2D eigenvalue weighted by Gasteiger charge is 2.13. The Hall–Kier alpha value is -0.800. The number of halogens is 2. The lowest BCUT2D eigenvalue weighted by atomic mass is 10.2. The predicted molar refractivity (Wildman–Crippen MR) is 65.7 cm³/mol. The predicted octanol–water partition coefficient (Wildman–Crippen LogP) is 3.89. The second kappa shape index (κ2) is 3.99. The molecule has 0 atom stereocenters. The second-order valence-electron chi connectivity index (χ2n) is 3.23. The summed E-state index contributed by atoms with van der Waals surface area (Å²) in [5, 5.41) is 1.41. The Kier molecular flexibility index (Phi) is 2.85. The van der Waals surface area contributed by atoms with E-state index in [9.17, 15) is 4.79 Å². The summed E-state index contributed by atoms with van der Waals surface area (Å²) >= 11 is 9.50. The molecule has 0 amide bonds. The van der Waals surface area contributed by atoms with E-state index >= 15 is 0 Å². The highest BCUT2D eigenvalue weighted by molar-refractivity contribution is 9.10. The number of aldehydes is 1. The van der Waals surface area contributed by atoms with Crippen molar-refractivity contribution in [1.82, 2.24) is 4.57 Å². The number of carbonyl (C=O) groups is 1. The third-order valence-corrected chi connectivity index (χ3v) is 3.33. The van der Waals surface area contributed by atoms with Crippen LogP contribution in [-0.2, 0) is 6.54 Å². The smallest absolute Gasteiger partial charge is 0.153 e. The summed E-state index contributed by atoms with van der Waals surface area (Å²) in [5.74, 6) is 0. The molecule has 0 fully saturated rings. The van der Waals surface area contributed by atoms with E-state index in [1.54, 1.807) is 0 Å². The lowest BCUT2D eigenvalue weighted by Gasteiger charge is -2.01. The number of hydrogen-bond donors (Lipinski definition) is 0. The van der Waals surface area contributed by atoms with E-state index in [0.717, 1.165) is 28.2 Å². The lowest BCUT2D eigenvalue weighted by Crippen LogP contribution is -1.93. The zero-order valence-corrected chi connectivity index (χ0v) is 10.5. The summed E-state index contributed by atoms with van der Waals surface area (Å²) in [5.41, 5.74) is 1.56. The van der Waals surface area contributed by atoms with Crippen LogP contribution in [0.4, 0.5) is 0 Å². The molecule has 0 spiro atoms. The highest BCUT2D eigenvalue weighted by Crippen LogP contribution is 2.30. The minimum Gasteiger partial charge on any atom is -0.331 e. The van der Waals surface area contributed by atoms with Gasteiger partial charge in [0, 0.05) is 21.9 Å². The fourth-order valence-electron chi connectivity index (χ4n) is 1.74. The van der Waals surface area contributed by atoms with Crippen molar-refractivity contribution in [2.24, 2.45) is 0 Å². The zero-order valence-electron chi connectivity index (χ0n) is 8.13. The van der Waals surface area contributed by atoms with Crippen LogP contribution < -0.4 is 0 Å². The SMILES string of the molecule is CCn1c(Cl)c(C=O)c2cc(Br)ccc21. The van der Waals surface area contributed by atoms with Crippen molar-refractivity contribution in [2.75, 3.05) is 0 Å². The Morgan fingerprint density at radius 3 is 2.87 bits per heavy atom. The van der Waals surface area contributed by atoms with Crippen LogP contribution in [0.15, 0.2) is 22.7 Å². The Balaban J connectivity index is 2.91. The van der Waals surface area contributed by atoms with Crippen molar-refractivity contribution >= 4 is 44.7 Å². The van der Waals surface area contributed by atoms with Crippen molar-refractivity contribution in [3.8, 4) is 0 Å². The van der Waals surface area contributed by atoms with Gasteiger partial charge in [0.25, 0.3) is 0 Å². The maximum atomic E-state index is 11.0. The van der Waals surface area contributed by atoms with Crippen LogP contribution in [0, 0.1) is 0 Å². The number of nitrogens with zero attached hydrogens (tertiary/aromatic N) is 1. The first kappa shape index (κ1) is 10.7. The molecule has 0 saturated carbocycles. The van der Waals surface area contributed by atoms with Gasteiger partial charge in [-0.25, -0.2) is 0 Å². The molecule has 0 unspecified atom stereocenters. The van der Waals surface area contributed by atoms with Crippen molar-refractivity contribution in [2.45, 2.75) is 13.5 Å². The number of aryl methyl sites for hydroxylation is 1. The minimum absolute atomic E-state index is 0.514. The Bertz CT molecular complexity index is 533. The number of rotatable bonds is 2. The third kappa shape index (κ3) is 1.60. The van der Waals surface area contributed by atoms with Crippen LogP contribution in [0.5, 0.6) is 0 Å². The van der Waals surface area contributed by atoms with Crippen LogP contribution in [-0.4, -0.2) is 10.9 Å². The van der Waals surface area contributed by atoms with Gasteiger partial charge in [-0.2, -0.15) is 0 Å². The van der Waals surface area contributed by atoms with E-state index in [4.69, 9.17) is 11.6 Å². The van der Waals surface area contributed by atoms with E-state index in [1.165, 1.54) is 0 Å². The number of hydrogen-bond acceptors (Lipinski definition) is 1. The molecule has 1 heterocycles. The van der Waals surface area contributed by atoms with Gasteiger partial charge in [0.1, 0.15) is 5.15 Å². The van der Waals surface area contributed by atoms with Gasteiger partial charge in [0.15, 0.2) is 6.29 Å². The first-order valence-electron chi connectivity index (χ1n) is 4.61. The molecule has 0 aliphatic carbocycles. The molecule has 0 aliphatic rings. The summed E-state index contributed by atoms with van der Waals surface area (Å²) < 4.78 is 2.87. The molecule has 0 radical (unpaired) electrons. The molecule has 0 N–H and O–H groups in total. The van der Waals surface area contributed by atoms with Crippen LogP contribution in [0.3, 0.4) is 0 Å². The molecule has 0 saturated heterocycles. The second-order valence-corrected chi connectivity index (χ2v) is 4.50. The molecule has 4 heteroatoms. The molecule has 2 nitrogen and oxygen atoms in total. The number of fused-ring (bicyclic) bond motifs is 1. The minimum atomic E-state index is 0.514. The number of benzene rings is 1. The van der Waals surface area contributed by atoms with Crippen molar-refractivity contribution in [3.05, 3.63) is 33.4 Å². The monoisotopic (exact) mass is 285 g/mol. The van der Waals surface area contributed by atoms with E-state index in [2.05, 4.69) is 15.9 Å². The molecule has 1 aromatic carbocycles. The fraction of sp³-hybridized carbons (Fsp3) is 0.182. The third-order valence-electron chi connectivity index (χ3n) is 2.43. The van der Waals surface area contributed by atoms with Gasteiger partial charge in [-0.1, -0.05) is 27.5 Å². The Morgan fingerprint density at radius 1 is 1.53 bits per heavy atom. The summed E-state index contributed by atoms with van der Waals surface area (Å²) in [4.78, 5) is 11.0. The van der Waals surface area contributed by atoms with E-state index in [-0.39, 0.29) is 0 Å². The molecule has 0 aliphatic heterocycles. The summed E-state index contributed by atoms with van der Waals surface area (Å²) in [6, 6.07) is 5.82. The first-order valence-corrected chi connectivity index (χ1v) is 5.78. The number of carbonyl (C=O) groups excluding carboxylic acids is 1. The van der Waals surface area contributed by atoms with Gasteiger partial charge in [-0.15, -0.1) is 0 Å². The zero-order chi connectivity index (χ0) is 11.0. The van der Waals surface area contributed by atoms with Crippen LogP contribution in [0.1, 0.15) is 17.3 Å². The Morgan fingerprint density at radius 2 is 2.27 bits per heavy atom. The highest BCUT2D eigenvalue weighted by atomic mass is 79.9. The maximum absolute atomic E-state index is 11.0. The van der Waals surface area contributed by atoms with E-state index in [1.807, 2.05) is 29.7 Å². The average Bonchev–Trinajstić information content (AvgIpc) is 2.48. The van der Waals surface area contributed by atoms with Crippen LogP contribution in [0.2, 0.25) is 5.15 Å². The Labute approximate surface area is 101 Å². The maximum Gasteiger partial charge on any atom is 0.153 e. The fourth-order valence-corrected chi connectivity index (χ4v) is 2.46. The van der Waals surface area contributed by atoms with Gasteiger partial charge in [-0.05, 0) is 25.1 Å². The van der Waals surface area contributed by atoms with Gasteiger partial charge < -0.3 is 4.57 Å². The summed E-state index contributed by atoms with van der Waals surface area (Å²) in [6.07, 6.45) is 0.809.